The third kappa shape index (κ3) is 4.47. The lowest BCUT2D eigenvalue weighted by molar-refractivity contribution is -0.138. The van der Waals surface area contributed by atoms with Gasteiger partial charge in [-0.3, -0.25) is 29.0 Å². The van der Waals surface area contributed by atoms with Gasteiger partial charge >= 0.3 is 0 Å². The summed E-state index contributed by atoms with van der Waals surface area (Å²) in [7, 11) is 2.79. The zero-order valence-electron chi connectivity index (χ0n) is 25.6. The maximum atomic E-state index is 14.4. The zero-order chi connectivity index (χ0) is 33.4. The Kier molecular flexibility index (Phi) is 8.01. The molecule has 3 saturated heterocycles. The Hall–Kier alpha value is -3.32. The number of halogens is 3. The van der Waals surface area contributed by atoms with Crippen LogP contribution in [0.3, 0.4) is 0 Å². The van der Waals surface area contributed by atoms with Crippen LogP contribution in [-0.2, 0) is 23.9 Å². The molecule has 5 aliphatic rings. The Balaban J connectivity index is 1.34. The van der Waals surface area contributed by atoms with Gasteiger partial charge in [-0.25, -0.2) is 0 Å². The first-order chi connectivity index (χ1) is 22.5. The van der Waals surface area contributed by atoms with Crippen molar-refractivity contribution >= 4 is 74.1 Å². The van der Waals surface area contributed by atoms with Crippen LogP contribution in [0.5, 0.6) is 17.2 Å². The number of alkyl halides is 3. The van der Waals surface area contributed by atoms with Crippen LogP contribution in [0, 0.1) is 17.8 Å². The van der Waals surface area contributed by atoms with Crippen molar-refractivity contribution in [2.24, 2.45) is 17.8 Å². The van der Waals surface area contributed by atoms with Gasteiger partial charge in [-0.1, -0.05) is 27.6 Å². The number of morpholine rings is 1. The summed E-state index contributed by atoms with van der Waals surface area (Å²) in [6, 6.07) is 10.0. The van der Waals surface area contributed by atoms with E-state index in [0.29, 0.717) is 30.0 Å². The first kappa shape index (κ1) is 32.2. The number of hydrogen-bond acceptors (Lipinski definition) is 9. The quantitative estimate of drug-likeness (QED) is 0.201. The Bertz CT molecular complexity index is 1690. The topological polar surface area (TPSA) is 126 Å². The molecule has 0 spiro atoms. The maximum absolute atomic E-state index is 14.4. The number of aromatic hydroxyl groups is 1. The Labute approximate surface area is 289 Å². The number of benzene rings is 2. The summed E-state index contributed by atoms with van der Waals surface area (Å²) < 4.78 is 16.8. The fourth-order valence-electron chi connectivity index (χ4n) is 8.17. The molecule has 2 aromatic carbocycles. The van der Waals surface area contributed by atoms with Gasteiger partial charge < -0.3 is 24.2 Å². The number of ether oxygens (including phenoxy) is 3. The number of carbonyl (C=O) groups excluding carboxylic acids is 4. The number of imide groups is 2. The molecule has 0 bridgehead atoms. The molecule has 3 aliphatic heterocycles. The summed E-state index contributed by atoms with van der Waals surface area (Å²) >= 11 is 17.9. The van der Waals surface area contributed by atoms with E-state index < -0.39 is 51.1 Å². The number of amides is 4. The summed E-state index contributed by atoms with van der Waals surface area (Å²) in [6.07, 6.45) is 1.89. The minimum atomic E-state index is -2.05. The molecule has 11 nitrogen and oxygen atoms in total. The molecular weight excluding hydrogens is 717 g/mol. The van der Waals surface area contributed by atoms with Crippen molar-refractivity contribution in [3.8, 4) is 17.2 Å². The van der Waals surface area contributed by atoms with Crippen LogP contribution < -0.4 is 19.3 Å². The molecule has 0 aromatic heterocycles. The number of phenolic OH excluding ortho intramolecular Hbond substituents is 1. The largest absolute Gasteiger partial charge is 0.508 e. The van der Waals surface area contributed by atoms with Gasteiger partial charge in [-0.15, -0.1) is 23.2 Å². The second-order valence-electron chi connectivity index (χ2n) is 12.4. The van der Waals surface area contributed by atoms with Crippen molar-refractivity contribution in [3.63, 3.8) is 0 Å². The average molecular weight is 749 g/mol. The predicted molar refractivity (Wildman–Crippen MR) is 177 cm³/mol. The van der Waals surface area contributed by atoms with E-state index in [9.17, 15) is 24.3 Å². The number of allylic oxidation sites excluding steroid dienone is 2. The number of phenols is 1. The lowest BCUT2D eigenvalue weighted by Crippen LogP contribution is -2.60. The fraction of sp³-hybridized carbons (Fsp3) is 0.455. The monoisotopic (exact) mass is 747 g/mol. The molecule has 248 valence electrons. The number of rotatable bonds is 6. The van der Waals surface area contributed by atoms with Crippen molar-refractivity contribution in [1.29, 1.82) is 0 Å². The number of hydrogen-bond donors (Lipinski definition) is 1. The highest BCUT2D eigenvalue weighted by Crippen LogP contribution is 2.67. The molecule has 1 N–H and O–H groups in total. The summed E-state index contributed by atoms with van der Waals surface area (Å²) in [6.45, 7) is 2.74. The molecule has 1 saturated carbocycles. The number of likely N-dealkylation sites (tertiary alicyclic amines) is 1. The lowest BCUT2D eigenvalue weighted by atomic mass is 9.56. The Morgan fingerprint density at radius 2 is 1.55 bits per heavy atom. The average Bonchev–Trinajstić information content (AvgIpc) is 3.42. The first-order valence-electron chi connectivity index (χ1n) is 15.3. The molecule has 4 amide bonds. The van der Waals surface area contributed by atoms with Crippen molar-refractivity contribution in [2.45, 2.75) is 28.5 Å². The molecule has 47 heavy (non-hydrogen) atoms. The third-order valence-corrected chi connectivity index (χ3v) is 12.2. The van der Waals surface area contributed by atoms with E-state index >= 15 is 0 Å². The molecule has 3 heterocycles. The number of fused-ring (bicyclic) bond motifs is 4. The van der Waals surface area contributed by atoms with Gasteiger partial charge in [-0.2, -0.15) is 0 Å². The number of carbonyl (C=O) groups is 4. The van der Waals surface area contributed by atoms with Gasteiger partial charge in [0, 0.05) is 42.4 Å². The number of methoxy groups -OCH3 is 2. The molecule has 14 heteroatoms. The van der Waals surface area contributed by atoms with Crippen molar-refractivity contribution in [2.75, 3.05) is 55.8 Å². The van der Waals surface area contributed by atoms with Crippen molar-refractivity contribution < 1.29 is 38.5 Å². The standard InChI is InChI=1S/C33H32BrCl2N3O8/c1-45-23-13-19(40)14-24(46-2)26(23)27-20-7-8-21-25(22(20)15-32(35)30(43)38(16-34)31(44)33(27,32)36)29(42)39(28(21)41)18-5-3-17(4-6-18)37-9-11-47-12-10-37/h3-7,13-14,21-22,25,27,40H,8-12,15-16H2,1-2H3. The highest BCUT2D eigenvalue weighted by molar-refractivity contribution is 9.09. The van der Waals surface area contributed by atoms with Crippen molar-refractivity contribution in [1.82, 2.24) is 4.90 Å². The van der Waals surface area contributed by atoms with Gasteiger partial charge in [0.2, 0.25) is 11.8 Å². The highest BCUT2D eigenvalue weighted by atomic mass is 79.9. The van der Waals surface area contributed by atoms with E-state index in [1.54, 1.807) is 12.1 Å². The Morgan fingerprint density at radius 3 is 2.15 bits per heavy atom. The van der Waals surface area contributed by atoms with E-state index in [1.807, 2.05) is 18.2 Å². The van der Waals surface area contributed by atoms with Crippen LogP contribution in [0.4, 0.5) is 11.4 Å². The molecule has 0 radical (unpaired) electrons. The lowest BCUT2D eigenvalue weighted by Gasteiger charge is -2.51. The minimum Gasteiger partial charge on any atom is -0.508 e. The van der Waals surface area contributed by atoms with E-state index in [2.05, 4.69) is 20.8 Å². The minimum absolute atomic E-state index is 0.147. The summed E-state index contributed by atoms with van der Waals surface area (Å²) in [5.41, 5.74) is 2.15. The summed E-state index contributed by atoms with van der Waals surface area (Å²) in [5.74, 6) is -5.42. The molecular formula is C33H32BrCl2N3O8. The van der Waals surface area contributed by atoms with E-state index in [-0.39, 0.29) is 41.5 Å². The molecule has 6 atom stereocenters. The Morgan fingerprint density at radius 1 is 0.936 bits per heavy atom. The van der Waals surface area contributed by atoms with E-state index in [1.165, 1.54) is 31.3 Å². The summed E-state index contributed by atoms with van der Waals surface area (Å²) in [5, 5.41) is 10.4. The zero-order valence-corrected chi connectivity index (χ0v) is 28.7. The molecule has 7 rings (SSSR count). The molecule has 2 aliphatic carbocycles. The summed E-state index contributed by atoms with van der Waals surface area (Å²) in [4.78, 5) is 56.8. The second kappa shape index (κ2) is 11.7. The highest BCUT2D eigenvalue weighted by Gasteiger charge is 2.76. The molecule has 2 aromatic rings. The predicted octanol–water partition coefficient (Wildman–Crippen LogP) is 4.16. The van der Waals surface area contributed by atoms with Crippen molar-refractivity contribution in [3.05, 3.63) is 53.6 Å². The van der Waals surface area contributed by atoms with Crippen LogP contribution in [-0.4, -0.2) is 89.4 Å². The van der Waals surface area contributed by atoms with Crippen LogP contribution in [0.25, 0.3) is 0 Å². The van der Waals surface area contributed by atoms with Gasteiger partial charge in [0.1, 0.15) is 17.2 Å². The second-order valence-corrected chi connectivity index (χ2v) is 14.1. The van der Waals surface area contributed by atoms with E-state index in [4.69, 9.17) is 37.4 Å². The number of anilines is 2. The smallest absolute Gasteiger partial charge is 0.254 e. The van der Waals surface area contributed by atoms with Crippen LogP contribution in [0.2, 0.25) is 0 Å². The maximum Gasteiger partial charge on any atom is 0.254 e. The van der Waals surface area contributed by atoms with Gasteiger partial charge in [0.05, 0.1) is 50.4 Å². The van der Waals surface area contributed by atoms with Gasteiger partial charge in [-0.05, 0) is 43.0 Å². The van der Waals surface area contributed by atoms with Crippen LogP contribution in [0.1, 0.15) is 24.3 Å². The molecule has 4 fully saturated rings. The fourth-order valence-corrected chi connectivity index (χ4v) is 9.58. The SMILES string of the molecule is COc1cc(O)cc(OC)c1C1C2=CCC3C(=O)N(c4ccc(N5CCOCC5)cc4)C(=O)C3C2CC2(Cl)C(=O)N(CBr)C(=O)C12Cl. The van der Waals surface area contributed by atoms with E-state index in [0.717, 1.165) is 23.7 Å². The molecule has 6 unspecified atom stereocenters. The first-order valence-corrected chi connectivity index (χ1v) is 17.1. The van der Waals surface area contributed by atoms with Gasteiger partial charge in [0.25, 0.3) is 11.8 Å². The number of nitrogens with zero attached hydrogens (tertiary/aromatic N) is 3. The third-order valence-electron chi connectivity index (χ3n) is 10.3. The van der Waals surface area contributed by atoms with Crippen LogP contribution in [0.15, 0.2) is 48.0 Å². The van der Waals surface area contributed by atoms with Gasteiger partial charge in [0.15, 0.2) is 9.75 Å². The van der Waals surface area contributed by atoms with Crippen LogP contribution >= 0.6 is 39.1 Å². The normalized spacial score (nSPS) is 31.9.